The smallest absolute Gasteiger partial charge is 0.339 e. The zero-order valence-electron chi connectivity index (χ0n) is 10.1. The van der Waals surface area contributed by atoms with Crippen molar-refractivity contribution in [2.75, 3.05) is 0 Å². The zero-order chi connectivity index (χ0) is 14.0. The fourth-order valence-electron chi connectivity index (χ4n) is 1.80. The highest BCUT2D eigenvalue weighted by Crippen LogP contribution is 2.13. The lowest BCUT2D eigenvalue weighted by Gasteiger charge is -2.05. The molecule has 0 saturated carbocycles. The van der Waals surface area contributed by atoms with Crippen LogP contribution >= 0.6 is 0 Å². The van der Waals surface area contributed by atoms with Crippen molar-refractivity contribution in [2.45, 2.75) is 13.5 Å². The summed E-state index contributed by atoms with van der Waals surface area (Å²) in [6, 6.07) is 5.85. The van der Waals surface area contributed by atoms with Crippen LogP contribution < -0.4 is 0 Å². The van der Waals surface area contributed by atoms with Crippen molar-refractivity contribution in [1.82, 2.24) is 9.78 Å². The van der Waals surface area contributed by atoms with E-state index >= 15 is 0 Å². The first-order chi connectivity index (χ1) is 9.01. The Morgan fingerprint density at radius 1 is 1.53 bits per heavy atom. The number of carboxylic acid groups (broad SMARTS) is 1. The van der Waals surface area contributed by atoms with E-state index in [-0.39, 0.29) is 17.7 Å². The van der Waals surface area contributed by atoms with Crippen molar-refractivity contribution < 1.29 is 14.3 Å². The molecule has 0 unspecified atom stereocenters. The molecule has 0 fully saturated rings. The van der Waals surface area contributed by atoms with Gasteiger partial charge in [-0.05, 0) is 30.7 Å². The van der Waals surface area contributed by atoms with Gasteiger partial charge in [0.2, 0.25) is 0 Å². The lowest BCUT2D eigenvalue weighted by Crippen LogP contribution is -2.06. The van der Waals surface area contributed by atoms with Gasteiger partial charge < -0.3 is 5.11 Å². The van der Waals surface area contributed by atoms with Crippen molar-refractivity contribution >= 4 is 5.97 Å². The number of benzene rings is 1. The number of nitrogens with zero attached hydrogens (tertiary/aromatic N) is 3. The molecule has 0 spiro atoms. The molecule has 1 N–H and O–H groups in total. The largest absolute Gasteiger partial charge is 0.478 e. The Bertz CT molecular complexity index is 686. The normalized spacial score (nSPS) is 10.2. The summed E-state index contributed by atoms with van der Waals surface area (Å²) in [5.74, 6) is -1.56. The fraction of sp³-hybridized carbons (Fsp3) is 0.154. The molecule has 5 nitrogen and oxygen atoms in total. The molecular weight excluding hydrogens is 249 g/mol. The number of halogens is 1. The number of rotatable bonds is 3. The van der Waals surface area contributed by atoms with Crippen molar-refractivity contribution in [3.63, 3.8) is 0 Å². The van der Waals surface area contributed by atoms with E-state index in [1.54, 1.807) is 13.0 Å². The number of carboxylic acids is 1. The monoisotopic (exact) mass is 259 g/mol. The summed E-state index contributed by atoms with van der Waals surface area (Å²) in [4.78, 5) is 10.9. The van der Waals surface area contributed by atoms with Gasteiger partial charge in [0.15, 0.2) is 0 Å². The highest BCUT2D eigenvalue weighted by atomic mass is 19.1. The maximum Gasteiger partial charge on any atom is 0.339 e. The minimum atomic E-state index is -1.05. The van der Waals surface area contributed by atoms with Crippen LogP contribution in [0.5, 0.6) is 0 Å². The minimum absolute atomic E-state index is 0.108. The van der Waals surface area contributed by atoms with Crippen LogP contribution in [0.2, 0.25) is 0 Å². The Hall–Kier alpha value is -2.68. The van der Waals surface area contributed by atoms with Gasteiger partial charge in [0.25, 0.3) is 0 Å². The number of aromatic carboxylic acids is 1. The maximum absolute atomic E-state index is 13.3. The van der Waals surface area contributed by atoms with Gasteiger partial charge in [-0.1, -0.05) is 0 Å². The van der Waals surface area contributed by atoms with Gasteiger partial charge in [-0.2, -0.15) is 10.4 Å². The molecule has 0 bridgehead atoms. The highest BCUT2D eigenvalue weighted by Gasteiger charge is 2.13. The summed E-state index contributed by atoms with van der Waals surface area (Å²) in [6.07, 6.45) is 1.25. The molecule has 0 radical (unpaired) electrons. The molecule has 0 atom stereocenters. The van der Waals surface area contributed by atoms with E-state index in [2.05, 4.69) is 5.10 Å². The van der Waals surface area contributed by atoms with E-state index in [0.717, 1.165) is 6.07 Å². The summed E-state index contributed by atoms with van der Waals surface area (Å²) in [5, 5.41) is 21.6. The van der Waals surface area contributed by atoms with Gasteiger partial charge >= 0.3 is 5.97 Å². The molecular formula is C13H10FN3O2. The summed E-state index contributed by atoms with van der Waals surface area (Å²) < 4.78 is 14.7. The molecule has 2 aromatic rings. The summed E-state index contributed by atoms with van der Waals surface area (Å²) in [6.45, 7) is 1.84. The van der Waals surface area contributed by atoms with Gasteiger partial charge in [-0.15, -0.1) is 0 Å². The van der Waals surface area contributed by atoms with Gasteiger partial charge in [0.1, 0.15) is 11.4 Å². The van der Waals surface area contributed by atoms with E-state index in [1.165, 1.54) is 16.9 Å². The summed E-state index contributed by atoms with van der Waals surface area (Å²) in [5.41, 5.74) is 1.37. The number of nitriles is 1. The lowest BCUT2D eigenvalue weighted by molar-refractivity contribution is 0.0696. The average molecular weight is 259 g/mol. The third-order valence-corrected chi connectivity index (χ3v) is 2.75. The van der Waals surface area contributed by atoms with E-state index in [0.29, 0.717) is 11.3 Å². The van der Waals surface area contributed by atoms with Crippen molar-refractivity contribution in [1.29, 1.82) is 5.26 Å². The predicted octanol–water partition coefficient (Wildman–Crippen LogP) is 1.95. The first-order valence-corrected chi connectivity index (χ1v) is 5.46. The number of aromatic nitrogens is 2. The van der Waals surface area contributed by atoms with Crippen LogP contribution in [0, 0.1) is 24.1 Å². The SMILES string of the molecule is Cc1c(C(=O)O)cnn1Cc1cc(F)cc(C#N)c1. The standard InChI is InChI=1S/C13H10FN3O2/c1-8-12(13(18)19)6-16-17(8)7-10-2-9(5-15)3-11(14)4-10/h2-4,6H,7H2,1H3,(H,18,19). The Morgan fingerprint density at radius 2 is 2.26 bits per heavy atom. The van der Waals surface area contributed by atoms with Crippen LogP contribution in [0.3, 0.4) is 0 Å². The van der Waals surface area contributed by atoms with Crippen molar-refractivity contribution in [2.24, 2.45) is 0 Å². The van der Waals surface area contributed by atoms with Crippen LogP contribution in [-0.4, -0.2) is 20.9 Å². The molecule has 1 aromatic heterocycles. The van der Waals surface area contributed by atoms with Gasteiger partial charge in [-0.3, -0.25) is 4.68 Å². The Balaban J connectivity index is 2.34. The molecule has 0 aliphatic rings. The topological polar surface area (TPSA) is 78.9 Å². The first-order valence-electron chi connectivity index (χ1n) is 5.46. The van der Waals surface area contributed by atoms with Crippen LogP contribution in [0.25, 0.3) is 0 Å². The lowest BCUT2D eigenvalue weighted by atomic mass is 10.1. The second kappa shape index (κ2) is 4.90. The van der Waals surface area contributed by atoms with Crippen LogP contribution in [0.1, 0.15) is 27.2 Å². The third kappa shape index (κ3) is 2.60. The molecule has 0 saturated heterocycles. The van der Waals surface area contributed by atoms with Crippen molar-refractivity contribution in [3.05, 3.63) is 52.6 Å². The first kappa shape index (κ1) is 12.8. The molecule has 1 heterocycles. The average Bonchev–Trinajstić information content (AvgIpc) is 2.70. The van der Waals surface area contributed by atoms with E-state index in [1.807, 2.05) is 6.07 Å². The van der Waals surface area contributed by atoms with Crippen molar-refractivity contribution in [3.8, 4) is 6.07 Å². The molecule has 6 heteroatoms. The Labute approximate surface area is 108 Å². The molecule has 19 heavy (non-hydrogen) atoms. The van der Waals surface area contributed by atoms with E-state index < -0.39 is 11.8 Å². The third-order valence-electron chi connectivity index (χ3n) is 2.75. The number of hydrogen-bond donors (Lipinski definition) is 1. The summed E-state index contributed by atoms with van der Waals surface area (Å²) >= 11 is 0. The van der Waals surface area contributed by atoms with Crippen LogP contribution in [-0.2, 0) is 6.54 Å². The quantitative estimate of drug-likeness (QED) is 0.913. The van der Waals surface area contributed by atoms with Gasteiger partial charge in [-0.25, -0.2) is 9.18 Å². The van der Waals surface area contributed by atoms with Gasteiger partial charge in [0.05, 0.1) is 30.1 Å². The molecule has 2 rings (SSSR count). The van der Waals surface area contributed by atoms with E-state index in [4.69, 9.17) is 10.4 Å². The number of carbonyl (C=O) groups is 1. The molecule has 0 aliphatic heterocycles. The second-order valence-electron chi connectivity index (χ2n) is 4.07. The predicted molar refractivity (Wildman–Crippen MR) is 64.1 cm³/mol. The van der Waals surface area contributed by atoms with Crippen LogP contribution in [0.4, 0.5) is 4.39 Å². The fourth-order valence-corrected chi connectivity index (χ4v) is 1.80. The molecule has 0 amide bonds. The second-order valence-corrected chi connectivity index (χ2v) is 4.07. The Kier molecular flexibility index (Phi) is 3.29. The van der Waals surface area contributed by atoms with Gasteiger partial charge in [0, 0.05) is 0 Å². The summed E-state index contributed by atoms with van der Waals surface area (Å²) in [7, 11) is 0. The molecule has 96 valence electrons. The zero-order valence-corrected chi connectivity index (χ0v) is 10.1. The maximum atomic E-state index is 13.3. The van der Waals surface area contributed by atoms with E-state index in [9.17, 15) is 9.18 Å². The van der Waals surface area contributed by atoms with Crippen LogP contribution in [0.15, 0.2) is 24.4 Å². The Morgan fingerprint density at radius 3 is 2.84 bits per heavy atom. The highest BCUT2D eigenvalue weighted by molar-refractivity contribution is 5.88. The number of hydrogen-bond acceptors (Lipinski definition) is 3. The molecule has 1 aromatic carbocycles. The minimum Gasteiger partial charge on any atom is -0.478 e. The molecule has 0 aliphatic carbocycles.